The second kappa shape index (κ2) is 5.63. The fraction of sp³-hybridized carbons (Fsp3) is 0.667. The molecular weight excluding hydrogens is 210 g/mol. The van der Waals surface area contributed by atoms with Crippen molar-refractivity contribution in [1.29, 1.82) is 0 Å². The second-order valence-electron chi connectivity index (χ2n) is 6.42. The average Bonchev–Trinajstić information content (AvgIpc) is 2.14. The SMILES string of the molecule is Cc1cncc(C(O)CC(C)CC(C)(C)C)c1. The number of pyridine rings is 1. The van der Waals surface area contributed by atoms with Gasteiger partial charge in [-0.05, 0) is 42.2 Å². The quantitative estimate of drug-likeness (QED) is 0.859. The largest absolute Gasteiger partial charge is 0.388 e. The molecule has 0 saturated heterocycles. The fourth-order valence-electron chi connectivity index (χ4n) is 2.41. The van der Waals surface area contributed by atoms with Gasteiger partial charge in [-0.3, -0.25) is 4.98 Å². The first kappa shape index (κ1) is 14.2. The van der Waals surface area contributed by atoms with Crippen molar-refractivity contribution in [3.8, 4) is 0 Å². The van der Waals surface area contributed by atoms with Gasteiger partial charge in [0.15, 0.2) is 0 Å². The zero-order valence-corrected chi connectivity index (χ0v) is 11.7. The molecule has 0 aromatic carbocycles. The summed E-state index contributed by atoms with van der Waals surface area (Å²) in [5.74, 6) is 0.519. The van der Waals surface area contributed by atoms with Crippen molar-refractivity contribution < 1.29 is 5.11 Å². The maximum absolute atomic E-state index is 10.2. The maximum Gasteiger partial charge on any atom is 0.0807 e. The van der Waals surface area contributed by atoms with Crippen LogP contribution in [0.2, 0.25) is 0 Å². The van der Waals surface area contributed by atoms with Crippen LogP contribution in [-0.2, 0) is 0 Å². The Morgan fingerprint density at radius 1 is 1.29 bits per heavy atom. The molecule has 1 heterocycles. The van der Waals surface area contributed by atoms with Crippen molar-refractivity contribution in [3.05, 3.63) is 29.6 Å². The van der Waals surface area contributed by atoms with Gasteiger partial charge >= 0.3 is 0 Å². The van der Waals surface area contributed by atoms with E-state index < -0.39 is 0 Å². The normalized spacial score (nSPS) is 15.6. The predicted octanol–water partition coefficient (Wildman–Crippen LogP) is 3.89. The van der Waals surface area contributed by atoms with E-state index in [0.29, 0.717) is 11.3 Å². The van der Waals surface area contributed by atoms with Gasteiger partial charge in [0.2, 0.25) is 0 Å². The van der Waals surface area contributed by atoms with E-state index >= 15 is 0 Å². The van der Waals surface area contributed by atoms with Crippen molar-refractivity contribution >= 4 is 0 Å². The lowest BCUT2D eigenvalue weighted by Crippen LogP contribution is -2.13. The van der Waals surface area contributed by atoms with Gasteiger partial charge in [0.1, 0.15) is 0 Å². The first-order chi connectivity index (χ1) is 7.78. The van der Waals surface area contributed by atoms with Crippen LogP contribution in [0.4, 0.5) is 0 Å². The van der Waals surface area contributed by atoms with E-state index in [9.17, 15) is 5.11 Å². The monoisotopic (exact) mass is 235 g/mol. The molecule has 1 N–H and O–H groups in total. The molecule has 0 aliphatic rings. The van der Waals surface area contributed by atoms with Gasteiger partial charge < -0.3 is 5.11 Å². The molecule has 0 fully saturated rings. The lowest BCUT2D eigenvalue weighted by atomic mass is 9.82. The highest BCUT2D eigenvalue weighted by Crippen LogP contribution is 2.30. The lowest BCUT2D eigenvalue weighted by Gasteiger charge is -2.25. The molecule has 0 bridgehead atoms. The number of aryl methyl sites for hydroxylation is 1. The highest BCUT2D eigenvalue weighted by molar-refractivity contribution is 5.18. The third kappa shape index (κ3) is 5.31. The minimum Gasteiger partial charge on any atom is -0.388 e. The van der Waals surface area contributed by atoms with Crippen LogP contribution in [0.25, 0.3) is 0 Å². The van der Waals surface area contributed by atoms with E-state index in [2.05, 4.69) is 32.7 Å². The van der Waals surface area contributed by atoms with Crippen molar-refractivity contribution in [2.45, 2.75) is 53.6 Å². The standard InChI is InChI=1S/C15H25NO/c1-11(8-15(3,4)5)7-14(17)13-6-12(2)9-16-10-13/h6,9-11,14,17H,7-8H2,1-5H3. The van der Waals surface area contributed by atoms with Crippen LogP contribution >= 0.6 is 0 Å². The van der Waals surface area contributed by atoms with E-state index in [1.54, 1.807) is 6.20 Å². The van der Waals surface area contributed by atoms with Gasteiger partial charge in [0.25, 0.3) is 0 Å². The molecule has 1 aromatic heterocycles. The molecule has 17 heavy (non-hydrogen) atoms. The summed E-state index contributed by atoms with van der Waals surface area (Å²) >= 11 is 0. The average molecular weight is 235 g/mol. The van der Waals surface area contributed by atoms with Crippen LogP contribution < -0.4 is 0 Å². The van der Waals surface area contributed by atoms with Crippen molar-refractivity contribution in [1.82, 2.24) is 4.98 Å². The summed E-state index contributed by atoms with van der Waals surface area (Å²) < 4.78 is 0. The Balaban J connectivity index is 2.57. The van der Waals surface area contributed by atoms with E-state index in [1.807, 2.05) is 19.2 Å². The van der Waals surface area contributed by atoms with Crippen LogP contribution in [0.3, 0.4) is 0 Å². The van der Waals surface area contributed by atoms with Gasteiger partial charge in [0, 0.05) is 12.4 Å². The summed E-state index contributed by atoms with van der Waals surface area (Å²) in [5, 5.41) is 10.2. The fourth-order valence-corrected chi connectivity index (χ4v) is 2.41. The van der Waals surface area contributed by atoms with Gasteiger partial charge in [-0.1, -0.05) is 33.8 Å². The third-order valence-electron chi connectivity index (χ3n) is 2.87. The van der Waals surface area contributed by atoms with Crippen molar-refractivity contribution in [2.75, 3.05) is 0 Å². The highest BCUT2D eigenvalue weighted by atomic mass is 16.3. The van der Waals surface area contributed by atoms with Crippen molar-refractivity contribution in [2.24, 2.45) is 11.3 Å². The Morgan fingerprint density at radius 2 is 1.94 bits per heavy atom. The molecule has 0 radical (unpaired) electrons. The molecular formula is C15H25NO. The Kier molecular flexibility index (Phi) is 4.70. The zero-order valence-electron chi connectivity index (χ0n) is 11.7. The first-order valence-electron chi connectivity index (χ1n) is 6.37. The predicted molar refractivity (Wildman–Crippen MR) is 71.8 cm³/mol. The Hall–Kier alpha value is -0.890. The molecule has 1 rings (SSSR count). The van der Waals surface area contributed by atoms with Gasteiger partial charge in [-0.2, -0.15) is 0 Å². The summed E-state index contributed by atoms with van der Waals surface area (Å²) in [4.78, 5) is 4.13. The summed E-state index contributed by atoms with van der Waals surface area (Å²) in [5.41, 5.74) is 2.36. The van der Waals surface area contributed by atoms with Crippen molar-refractivity contribution in [3.63, 3.8) is 0 Å². The number of hydrogen-bond acceptors (Lipinski definition) is 2. The molecule has 2 nitrogen and oxygen atoms in total. The zero-order chi connectivity index (χ0) is 13.1. The molecule has 1 aromatic rings. The second-order valence-corrected chi connectivity index (χ2v) is 6.42. The number of rotatable bonds is 4. The highest BCUT2D eigenvalue weighted by Gasteiger charge is 2.19. The van der Waals surface area contributed by atoms with Gasteiger partial charge in [-0.25, -0.2) is 0 Å². The molecule has 96 valence electrons. The number of aliphatic hydroxyl groups is 1. The van der Waals surface area contributed by atoms with Crippen LogP contribution in [-0.4, -0.2) is 10.1 Å². The molecule has 0 amide bonds. The van der Waals surface area contributed by atoms with E-state index in [-0.39, 0.29) is 6.10 Å². The molecule has 2 atom stereocenters. The summed E-state index contributed by atoms with van der Waals surface area (Å²) in [6.07, 6.45) is 5.13. The van der Waals surface area contributed by atoms with E-state index in [1.165, 1.54) is 0 Å². The van der Waals surface area contributed by atoms with E-state index in [0.717, 1.165) is 24.0 Å². The molecule has 0 aliphatic heterocycles. The summed E-state index contributed by atoms with van der Waals surface area (Å²) in [6.45, 7) is 10.9. The molecule has 0 spiro atoms. The molecule has 0 aliphatic carbocycles. The minimum atomic E-state index is -0.389. The number of aliphatic hydroxyl groups excluding tert-OH is 1. The van der Waals surface area contributed by atoms with E-state index in [4.69, 9.17) is 0 Å². The lowest BCUT2D eigenvalue weighted by molar-refractivity contribution is 0.133. The van der Waals surface area contributed by atoms with Gasteiger partial charge in [0.05, 0.1) is 6.10 Å². The topological polar surface area (TPSA) is 33.1 Å². The third-order valence-corrected chi connectivity index (χ3v) is 2.87. The van der Waals surface area contributed by atoms with Crippen LogP contribution in [0.5, 0.6) is 0 Å². The Morgan fingerprint density at radius 3 is 2.47 bits per heavy atom. The molecule has 0 saturated carbocycles. The molecule has 2 unspecified atom stereocenters. The minimum absolute atomic E-state index is 0.323. The van der Waals surface area contributed by atoms with Crippen LogP contribution in [0.1, 0.15) is 57.8 Å². The smallest absolute Gasteiger partial charge is 0.0807 e. The Bertz CT molecular complexity index is 354. The van der Waals surface area contributed by atoms with Gasteiger partial charge in [-0.15, -0.1) is 0 Å². The number of aromatic nitrogens is 1. The van der Waals surface area contributed by atoms with Crippen LogP contribution in [0, 0.1) is 18.3 Å². The maximum atomic E-state index is 10.2. The van der Waals surface area contributed by atoms with Crippen LogP contribution in [0.15, 0.2) is 18.5 Å². The molecule has 2 heteroatoms. The first-order valence-corrected chi connectivity index (χ1v) is 6.37. The summed E-state index contributed by atoms with van der Waals surface area (Å²) in [6, 6.07) is 2.02. The summed E-state index contributed by atoms with van der Waals surface area (Å²) in [7, 11) is 0. The Labute approximate surface area is 105 Å². The number of nitrogens with zero attached hydrogens (tertiary/aromatic N) is 1. The number of hydrogen-bond donors (Lipinski definition) is 1.